The van der Waals surface area contributed by atoms with Gasteiger partial charge in [0.05, 0.1) is 10.6 Å². The molecular formula is C17H18N4O4. The zero-order valence-electron chi connectivity index (χ0n) is 13.5. The number of nitro groups is 1. The van der Waals surface area contributed by atoms with Crippen molar-refractivity contribution < 1.29 is 14.8 Å². The molecule has 2 aromatic carbocycles. The van der Waals surface area contributed by atoms with E-state index in [0.717, 1.165) is 5.69 Å². The molecule has 25 heavy (non-hydrogen) atoms. The first-order valence-electron chi connectivity index (χ1n) is 7.88. The number of rotatable bonds is 3. The van der Waals surface area contributed by atoms with Crippen LogP contribution in [-0.2, 0) is 0 Å². The van der Waals surface area contributed by atoms with E-state index in [4.69, 9.17) is 0 Å². The summed E-state index contributed by atoms with van der Waals surface area (Å²) in [5, 5.41) is 23.3. The molecule has 0 saturated carbocycles. The fraction of sp³-hybridized carbons (Fsp3) is 0.235. The summed E-state index contributed by atoms with van der Waals surface area (Å²) in [6.07, 6.45) is 0. The second-order valence-corrected chi connectivity index (χ2v) is 5.70. The van der Waals surface area contributed by atoms with Crippen molar-refractivity contribution in [3.63, 3.8) is 0 Å². The minimum atomic E-state index is -0.482. The number of carbonyl (C=O) groups is 1. The lowest BCUT2D eigenvalue weighted by Gasteiger charge is -2.36. The number of hydrogen-bond donors (Lipinski definition) is 2. The molecule has 1 fully saturated rings. The third-order valence-corrected chi connectivity index (χ3v) is 4.12. The number of nitro benzene ring substituents is 1. The number of anilines is 2. The third-order valence-electron chi connectivity index (χ3n) is 4.12. The molecule has 1 aliphatic heterocycles. The number of hydrogen-bond acceptors (Lipinski definition) is 5. The third kappa shape index (κ3) is 3.79. The van der Waals surface area contributed by atoms with Gasteiger partial charge in [0.15, 0.2) is 0 Å². The van der Waals surface area contributed by atoms with Gasteiger partial charge < -0.3 is 20.2 Å². The predicted molar refractivity (Wildman–Crippen MR) is 94.0 cm³/mol. The van der Waals surface area contributed by atoms with Crippen LogP contribution in [0.1, 0.15) is 0 Å². The number of nitrogens with one attached hydrogen (secondary N) is 1. The van der Waals surface area contributed by atoms with Gasteiger partial charge in [0.1, 0.15) is 5.75 Å². The zero-order valence-corrected chi connectivity index (χ0v) is 13.5. The van der Waals surface area contributed by atoms with E-state index in [1.165, 1.54) is 24.3 Å². The molecule has 8 nitrogen and oxygen atoms in total. The lowest BCUT2D eigenvalue weighted by Crippen LogP contribution is -2.50. The van der Waals surface area contributed by atoms with Gasteiger partial charge in [-0.1, -0.05) is 12.1 Å². The fourth-order valence-electron chi connectivity index (χ4n) is 2.75. The SMILES string of the molecule is O=C(Nc1ccc([N+](=O)[O-])cc1)N1CCN(c2ccccc2O)CC1. The lowest BCUT2D eigenvalue weighted by molar-refractivity contribution is -0.384. The average Bonchev–Trinajstić information content (AvgIpc) is 2.63. The molecule has 2 N–H and O–H groups in total. The van der Waals surface area contributed by atoms with Gasteiger partial charge in [-0.2, -0.15) is 0 Å². The van der Waals surface area contributed by atoms with Crippen molar-refractivity contribution >= 4 is 23.1 Å². The normalized spacial score (nSPS) is 14.2. The van der Waals surface area contributed by atoms with Crippen molar-refractivity contribution in [2.75, 3.05) is 36.4 Å². The highest BCUT2D eigenvalue weighted by molar-refractivity contribution is 5.89. The summed E-state index contributed by atoms with van der Waals surface area (Å²) in [7, 11) is 0. The number of non-ortho nitro benzene ring substituents is 1. The van der Waals surface area contributed by atoms with Crippen molar-refractivity contribution in [3.05, 3.63) is 58.6 Å². The molecule has 0 radical (unpaired) electrons. The van der Waals surface area contributed by atoms with E-state index in [0.29, 0.717) is 31.9 Å². The minimum Gasteiger partial charge on any atom is -0.506 e. The smallest absolute Gasteiger partial charge is 0.321 e. The minimum absolute atomic E-state index is 0.0192. The van der Waals surface area contributed by atoms with Crippen molar-refractivity contribution in [3.8, 4) is 5.75 Å². The molecule has 130 valence electrons. The number of carbonyl (C=O) groups excluding carboxylic acids is 1. The summed E-state index contributed by atoms with van der Waals surface area (Å²) in [6, 6.07) is 12.6. The molecule has 3 rings (SSSR count). The number of amides is 2. The van der Waals surface area contributed by atoms with Crippen molar-refractivity contribution in [2.24, 2.45) is 0 Å². The van der Waals surface area contributed by atoms with E-state index in [-0.39, 0.29) is 17.5 Å². The van der Waals surface area contributed by atoms with Gasteiger partial charge in [0.2, 0.25) is 0 Å². The molecule has 0 aromatic heterocycles. The maximum absolute atomic E-state index is 12.3. The molecule has 2 amide bonds. The lowest BCUT2D eigenvalue weighted by atomic mass is 10.2. The van der Waals surface area contributed by atoms with Crippen LogP contribution in [-0.4, -0.2) is 47.1 Å². The molecule has 0 atom stereocenters. The monoisotopic (exact) mass is 342 g/mol. The number of nitrogens with zero attached hydrogens (tertiary/aromatic N) is 3. The first-order chi connectivity index (χ1) is 12.0. The summed E-state index contributed by atoms with van der Waals surface area (Å²) in [5.74, 6) is 0.228. The molecule has 0 spiro atoms. The van der Waals surface area contributed by atoms with Crippen LogP contribution in [0.2, 0.25) is 0 Å². The maximum Gasteiger partial charge on any atom is 0.321 e. The molecule has 1 aliphatic rings. The number of phenols is 1. The first-order valence-corrected chi connectivity index (χ1v) is 7.88. The Morgan fingerprint density at radius 2 is 1.68 bits per heavy atom. The highest BCUT2D eigenvalue weighted by Crippen LogP contribution is 2.27. The molecule has 1 heterocycles. The summed E-state index contributed by atoms with van der Waals surface area (Å²) in [4.78, 5) is 26.2. The van der Waals surface area contributed by atoms with Crippen LogP contribution in [0.3, 0.4) is 0 Å². The van der Waals surface area contributed by atoms with E-state index in [2.05, 4.69) is 5.32 Å². The van der Waals surface area contributed by atoms with Gasteiger partial charge in [-0.25, -0.2) is 4.79 Å². The van der Waals surface area contributed by atoms with Crippen LogP contribution in [0.15, 0.2) is 48.5 Å². The van der Waals surface area contributed by atoms with Gasteiger partial charge >= 0.3 is 6.03 Å². The largest absolute Gasteiger partial charge is 0.506 e. The summed E-state index contributed by atoms with van der Waals surface area (Å²) < 4.78 is 0. The highest BCUT2D eigenvalue weighted by atomic mass is 16.6. The van der Waals surface area contributed by atoms with Crippen LogP contribution in [0.4, 0.5) is 21.9 Å². The Kier molecular flexibility index (Phi) is 4.69. The van der Waals surface area contributed by atoms with Crippen LogP contribution in [0.5, 0.6) is 5.75 Å². The van der Waals surface area contributed by atoms with Crippen LogP contribution in [0, 0.1) is 10.1 Å². The maximum atomic E-state index is 12.3. The van der Waals surface area contributed by atoms with Crippen molar-refractivity contribution in [1.82, 2.24) is 4.90 Å². The second kappa shape index (κ2) is 7.08. The molecular weight excluding hydrogens is 324 g/mol. The predicted octanol–water partition coefficient (Wildman–Crippen LogP) is 2.65. The standard InChI is InChI=1S/C17H18N4O4/c22-16-4-2-1-3-15(16)19-9-11-20(12-10-19)17(23)18-13-5-7-14(8-6-13)21(24)25/h1-8,22H,9-12H2,(H,18,23). The van der Waals surface area contributed by atoms with Gasteiger partial charge in [-0.05, 0) is 24.3 Å². The van der Waals surface area contributed by atoms with Crippen LogP contribution in [0.25, 0.3) is 0 Å². The molecule has 0 aliphatic carbocycles. The summed E-state index contributed by atoms with van der Waals surface area (Å²) in [6.45, 7) is 2.27. The molecule has 0 unspecified atom stereocenters. The number of urea groups is 1. The summed E-state index contributed by atoms with van der Waals surface area (Å²) >= 11 is 0. The Morgan fingerprint density at radius 1 is 1.04 bits per heavy atom. The van der Waals surface area contributed by atoms with Gasteiger partial charge in [-0.15, -0.1) is 0 Å². The van der Waals surface area contributed by atoms with Gasteiger partial charge in [-0.3, -0.25) is 10.1 Å². The molecule has 1 saturated heterocycles. The highest BCUT2D eigenvalue weighted by Gasteiger charge is 2.22. The number of benzene rings is 2. The Labute approximate surface area is 144 Å². The zero-order chi connectivity index (χ0) is 17.8. The second-order valence-electron chi connectivity index (χ2n) is 5.70. The number of phenolic OH excluding ortho intramolecular Hbond substituents is 1. The average molecular weight is 342 g/mol. The van der Waals surface area contributed by atoms with E-state index in [1.807, 2.05) is 17.0 Å². The van der Waals surface area contributed by atoms with E-state index in [9.17, 15) is 20.0 Å². The Morgan fingerprint density at radius 3 is 2.28 bits per heavy atom. The number of aromatic hydroxyl groups is 1. The Balaban J connectivity index is 1.56. The van der Waals surface area contributed by atoms with E-state index < -0.39 is 4.92 Å². The van der Waals surface area contributed by atoms with Gasteiger partial charge in [0.25, 0.3) is 5.69 Å². The Bertz CT molecular complexity index is 770. The van der Waals surface area contributed by atoms with E-state index >= 15 is 0 Å². The van der Waals surface area contributed by atoms with E-state index in [1.54, 1.807) is 17.0 Å². The van der Waals surface area contributed by atoms with Gasteiger partial charge in [0, 0.05) is 44.0 Å². The molecule has 2 aromatic rings. The fourth-order valence-corrected chi connectivity index (χ4v) is 2.75. The van der Waals surface area contributed by atoms with Crippen LogP contribution >= 0.6 is 0 Å². The number of para-hydroxylation sites is 2. The topological polar surface area (TPSA) is 98.9 Å². The Hall–Kier alpha value is -3.29. The number of piperazine rings is 1. The summed E-state index contributed by atoms with van der Waals surface area (Å²) in [5.41, 5.74) is 1.26. The quantitative estimate of drug-likeness (QED) is 0.660. The molecule has 0 bridgehead atoms. The van der Waals surface area contributed by atoms with Crippen molar-refractivity contribution in [2.45, 2.75) is 0 Å². The first kappa shape index (κ1) is 16.6. The van der Waals surface area contributed by atoms with Crippen LogP contribution < -0.4 is 10.2 Å². The van der Waals surface area contributed by atoms with Crippen molar-refractivity contribution in [1.29, 1.82) is 0 Å². The molecule has 8 heteroatoms.